The van der Waals surface area contributed by atoms with Crippen LogP contribution in [0.4, 0.5) is 45.2 Å². The molecular weight excluding hydrogens is 659 g/mol. The maximum absolute atomic E-state index is 13.6. The van der Waals surface area contributed by atoms with Crippen LogP contribution in [0.3, 0.4) is 0 Å². The van der Waals surface area contributed by atoms with Gasteiger partial charge in [0.05, 0.1) is 11.1 Å². The number of rotatable bonds is 6. The molecular formula is C30H35F9N8O. The molecule has 2 aromatic carbocycles. The van der Waals surface area contributed by atoms with Crippen molar-refractivity contribution in [2.75, 3.05) is 11.9 Å². The fourth-order valence-electron chi connectivity index (χ4n) is 5.35. The van der Waals surface area contributed by atoms with Crippen LogP contribution in [-0.2, 0) is 18.9 Å². The lowest BCUT2D eigenvalue weighted by Gasteiger charge is -2.42. The van der Waals surface area contributed by atoms with Crippen molar-refractivity contribution in [3.8, 4) is 0 Å². The Morgan fingerprint density at radius 2 is 1.42 bits per heavy atom. The number of hydrogen-bond donors (Lipinski definition) is 3. The normalized spacial score (nSPS) is 18.7. The summed E-state index contributed by atoms with van der Waals surface area (Å²) in [6.45, 7) is 4.23. The number of aliphatic imine (C=N–C) groups is 2. The van der Waals surface area contributed by atoms with Gasteiger partial charge in [-0.1, -0.05) is 43.2 Å². The van der Waals surface area contributed by atoms with Gasteiger partial charge in [0.25, 0.3) is 5.91 Å². The molecule has 5 N–H and O–H groups in total. The van der Waals surface area contributed by atoms with E-state index < -0.39 is 65.8 Å². The molecule has 1 amide bonds. The molecule has 1 saturated carbocycles. The molecule has 0 atom stereocenters. The summed E-state index contributed by atoms with van der Waals surface area (Å²) in [7, 11) is 0. The molecule has 3 rings (SSSR count). The summed E-state index contributed by atoms with van der Waals surface area (Å²) in [6.07, 6.45) is -13.0. The van der Waals surface area contributed by atoms with Gasteiger partial charge in [-0.2, -0.15) is 44.5 Å². The molecule has 1 fully saturated rings. The molecule has 18 heteroatoms. The average Bonchev–Trinajstić information content (AvgIpc) is 2.96. The lowest BCUT2D eigenvalue weighted by molar-refractivity contribution is -0.143. The molecule has 1 aliphatic carbocycles. The number of anilines is 1. The van der Waals surface area contributed by atoms with Gasteiger partial charge in [0.2, 0.25) is 5.96 Å². The number of amides is 1. The van der Waals surface area contributed by atoms with Crippen molar-refractivity contribution in [3.05, 3.63) is 64.7 Å². The number of hydrogen-bond acceptors (Lipinski definition) is 3. The molecule has 48 heavy (non-hydrogen) atoms. The van der Waals surface area contributed by atoms with Crippen molar-refractivity contribution in [1.29, 1.82) is 0 Å². The second kappa shape index (κ2) is 14.8. The van der Waals surface area contributed by atoms with Gasteiger partial charge in [0.1, 0.15) is 6.54 Å². The van der Waals surface area contributed by atoms with Crippen molar-refractivity contribution >= 4 is 23.5 Å². The van der Waals surface area contributed by atoms with Crippen LogP contribution in [0.25, 0.3) is 0 Å². The molecule has 0 bridgehead atoms. The predicted octanol–water partition coefficient (Wildman–Crippen LogP) is 7.94. The lowest BCUT2D eigenvalue weighted by atomic mass is 9.71. The zero-order valence-electron chi connectivity index (χ0n) is 26.1. The smallest absolute Gasteiger partial charge is 0.366 e. The number of carbonyl (C=O) groups excluding carboxylic acids is 1. The Labute approximate surface area is 270 Å². The summed E-state index contributed by atoms with van der Waals surface area (Å²) in [5, 5.41) is 8.50. The minimum atomic E-state index is -5.19. The summed E-state index contributed by atoms with van der Waals surface area (Å²) < 4.78 is 122. The summed E-state index contributed by atoms with van der Waals surface area (Å²) in [6, 6.07) is 5.81. The van der Waals surface area contributed by atoms with Gasteiger partial charge < -0.3 is 21.8 Å². The summed E-state index contributed by atoms with van der Waals surface area (Å²) >= 11 is 0. The molecule has 2 aromatic rings. The predicted molar refractivity (Wildman–Crippen MR) is 161 cm³/mol. The SMILES string of the molecule is CC(C)(C)C1CCC(N(Cc2ccc(C(=O)N=C(N)/N=N\N)cc2)C(=NCC(F)(F)F)Nc2cc(C(F)(F)F)cc(C(F)(F)F)c2)CC1. The first-order valence-corrected chi connectivity index (χ1v) is 14.6. The molecule has 264 valence electrons. The van der Waals surface area contributed by atoms with Gasteiger partial charge in [0.15, 0.2) is 5.96 Å². The van der Waals surface area contributed by atoms with Gasteiger partial charge in [0, 0.05) is 23.8 Å². The van der Waals surface area contributed by atoms with Gasteiger partial charge in [-0.25, -0.2) is 4.99 Å². The molecule has 0 aliphatic heterocycles. The monoisotopic (exact) mass is 694 g/mol. The third-order valence-electron chi connectivity index (χ3n) is 7.82. The number of nitrogens with zero attached hydrogens (tertiary/aromatic N) is 5. The Balaban J connectivity index is 2.09. The lowest BCUT2D eigenvalue weighted by Crippen LogP contribution is -2.46. The molecule has 0 unspecified atom stereocenters. The maximum Gasteiger partial charge on any atom is 0.416 e. The van der Waals surface area contributed by atoms with E-state index in [0.29, 0.717) is 43.4 Å². The summed E-state index contributed by atoms with van der Waals surface area (Å²) in [5.41, 5.74) is 1.78. The van der Waals surface area contributed by atoms with E-state index in [9.17, 15) is 44.3 Å². The highest BCUT2D eigenvalue weighted by Gasteiger charge is 2.38. The van der Waals surface area contributed by atoms with Crippen LogP contribution < -0.4 is 16.9 Å². The van der Waals surface area contributed by atoms with E-state index in [1.54, 1.807) is 0 Å². The second-order valence-electron chi connectivity index (χ2n) is 12.4. The molecule has 0 spiro atoms. The van der Waals surface area contributed by atoms with Gasteiger partial charge in [-0.15, -0.1) is 0 Å². The first kappa shape index (κ1) is 38.1. The van der Waals surface area contributed by atoms with E-state index in [4.69, 9.17) is 11.6 Å². The van der Waals surface area contributed by atoms with Crippen molar-refractivity contribution < 1.29 is 44.3 Å². The van der Waals surface area contributed by atoms with Crippen LogP contribution in [0.2, 0.25) is 0 Å². The Morgan fingerprint density at radius 3 is 1.88 bits per heavy atom. The number of guanidine groups is 2. The van der Waals surface area contributed by atoms with Crippen LogP contribution in [0.5, 0.6) is 0 Å². The van der Waals surface area contributed by atoms with E-state index >= 15 is 0 Å². The van der Waals surface area contributed by atoms with Crippen molar-refractivity contribution in [2.24, 2.45) is 43.2 Å². The number of halogens is 9. The van der Waals surface area contributed by atoms with Crippen molar-refractivity contribution in [2.45, 2.75) is 77.6 Å². The largest absolute Gasteiger partial charge is 0.416 e. The standard InChI is InChI=1S/C30H35F9N8O/c1-27(2,3)19-8-10-23(11-9-19)47(15-17-4-6-18(7-5-17)24(48)44-25(40)45-46-41)26(42-16-28(31,32)33)43-22-13-20(29(34,35)36)12-21(14-22)30(37,38)39/h4-7,12-14,19,23H,8-11,15-16H2,1-3H3,(H,42,43)(H4,40,41,44,45,48). The quantitative estimate of drug-likeness (QED) is 0.0705. The Kier molecular flexibility index (Phi) is 11.7. The highest BCUT2D eigenvalue weighted by atomic mass is 19.4. The highest BCUT2D eigenvalue weighted by molar-refractivity contribution is 6.02. The highest BCUT2D eigenvalue weighted by Crippen LogP contribution is 2.40. The zero-order valence-corrected chi connectivity index (χ0v) is 26.1. The van der Waals surface area contributed by atoms with E-state index in [-0.39, 0.29) is 29.5 Å². The molecule has 0 radical (unpaired) electrons. The molecule has 0 aromatic heterocycles. The van der Waals surface area contributed by atoms with E-state index in [1.807, 2.05) is 0 Å². The van der Waals surface area contributed by atoms with Crippen molar-refractivity contribution in [3.63, 3.8) is 0 Å². The van der Waals surface area contributed by atoms with E-state index in [2.05, 4.69) is 46.4 Å². The minimum absolute atomic E-state index is 0.0545. The first-order chi connectivity index (χ1) is 22.1. The van der Waals surface area contributed by atoms with Crippen LogP contribution in [0.15, 0.2) is 62.8 Å². The van der Waals surface area contributed by atoms with Crippen molar-refractivity contribution in [1.82, 2.24) is 4.90 Å². The number of benzene rings is 2. The topological polar surface area (TPSA) is 134 Å². The number of nitrogens with two attached hydrogens (primary N) is 2. The molecule has 9 nitrogen and oxygen atoms in total. The Morgan fingerprint density at radius 1 is 0.875 bits per heavy atom. The van der Waals surface area contributed by atoms with E-state index in [1.165, 1.54) is 29.2 Å². The molecule has 0 heterocycles. The average molecular weight is 695 g/mol. The van der Waals surface area contributed by atoms with Gasteiger partial charge >= 0.3 is 18.5 Å². The summed E-state index contributed by atoms with van der Waals surface area (Å²) in [5.74, 6) is 3.25. The van der Waals surface area contributed by atoms with Gasteiger partial charge in [-0.3, -0.25) is 4.79 Å². The van der Waals surface area contributed by atoms with E-state index in [0.717, 1.165) is 0 Å². The number of carbonyl (C=O) groups is 1. The van der Waals surface area contributed by atoms with Crippen LogP contribution in [0.1, 0.15) is 73.5 Å². The fraction of sp³-hybridized carbons (Fsp3) is 0.500. The third kappa shape index (κ3) is 11.1. The molecule has 1 aliphatic rings. The van der Waals surface area contributed by atoms with Crippen LogP contribution in [-0.4, -0.2) is 41.5 Å². The molecule has 0 saturated heterocycles. The summed E-state index contributed by atoms with van der Waals surface area (Å²) in [4.78, 5) is 20.9. The number of nitrogens with one attached hydrogen (secondary N) is 1. The first-order valence-electron chi connectivity index (χ1n) is 14.6. The van der Waals surface area contributed by atoms with Crippen LogP contribution >= 0.6 is 0 Å². The Bertz CT molecular complexity index is 1470. The fourth-order valence-corrected chi connectivity index (χ4v) is 5.35. The van der Waals surface area contributed by atoms with Crippen LogP contribution in [0, 0.1) is 11.3 Å². The second-order valence-corrected chi connectivity index (χ2v) is 12.4. The van der Waals surface area contributed by atoms with Gasteiger partial charge in [-0.05, 0) is 72.9 Å². The number of alkyl halides is 9. The zero-order chi connectivity index (χ0) is 36.1. The Hall–Kier alpha value is -4.38. The third-order valence-corrected chi connectivity index (χ3v) is 7.82. The minimum Gasteiger partial charge on any atom is -0.366 e. The maximum atomic E-state index is 13.6.